The number of aliphatic hydroxyl groups excluding tert-OH is 1. The van der Waals surface area contributed by atoms with Crippen molar-refractivity contribution >= 4 is 5.91 Å². The predicted molar refractivity (Wildman–Crippen MR) is 45.4 cm³/mol. The molecule has 1 aliphatic rings. The number of carbonyl (C=O) groups is 1. The molecule has 0 aromatic rings. The Labute approximate surface area is 72.3 Å². The molecule has 12 heavy (non-hydrogen) atoms. The molecule has 1 fully saturated rings. The van der Waals surface area contributed by atoms with Crippen LogP contribution in [-0.2, 0) is 4.79 Å². The summed E-state index contributed by atoms with van der Waals surface area (Å²) in [6, 6.07) is -0.0611. The Kier molecular flexibility index (Phi) is 3.05. The van der Waals surface area contributed by atoms with Crippen molar-refractivity contribution in [3.8, 4) is 0 Å². The number of amides is 1. The minimum atomic E-state index is -0.0611. The molecule has 3 N–H and O–H groups in total. The van der Waals surface area contributed by atoms with Crippen molar-refractivity contribution in [2.24, 2.45) is 11.7 Å². The molecule has 0 radical (unpaired) electrons. The van der Waals surface area contributed by atoms with Gasteiger partial charge < -0.3 is 15.7 Å². The van der Waals surface area contributed by atoms with Crippen LogP contribution in [0.4, 0.5) is 0 Å². The van der Waals surface area contributed by atoms with Crippen LogP contribution in [0.15, 0.2) is 0 Å². The van der Waals surface area contributed by atoms with Gasteiger partial charge in [-0.1, -0.05) is 0 Å². The lowest BCUT2D eigenvalue weighted by Gasteiger charge is -2.22. The topological polar surface area (TPSA) is 66.6 Å². The van der Waals surface area contributed by atoms with Gasteiger partial charge in [0.05, 0.1) is 12.6 Å². The van der Waals surface area contributed by atoms with Crippen LogP contribution in [-0.4, -0.2) is 41.7 Å². The van der Waals surface area contributed by atoms with Gasteiger partial charge in [0, 0.05) is 13.0 Å². The van der Waals surface area contributed by atoms with Crippen LogP contribution in [0.25, 0.3) is 0 Å². The lowest BCUT2D eigenvalue weighted by molar-refractivity contribution is -0.130. The van der Waals surface area contributed by atoms with Gasteiger partial charge in [0.15, 0.2) is 0 Å². The van der Waals surface area contributed by atoms with Gasteiger partial charge in [-0.2, -0.15) is 0 Å². The Morgan fingerprint density at radius 2 is 2.50 bits per heavy atom. The number of hydrogen-bond acceptors (Lipinski definition) is 3. The molecular formula is C8H16N2O2. The highest BCUT2D eigenvalue weighted by molar-refractivity contribution is 5.79. The molecule has 70 valence electrons. The Morgan fingerprint density at radius 1 is 1.83 bits per heavy atom. The summed E-state index contributed by atoms with van der Waals surface area (Å²) in [4.78, 5) is 13.0. The summed E-state index contributed by atoms with van der Waals surface area (Å²) >= 11 is 0. The molecule has 1 amide bonds. The third-order valence-electron chi connectivity index (χ3n) is 2.37. The zero-order valence-electron chi connectivity index (χ0n) is 7.36. The monoisotopic (exact) mass is 172 g/mol. The maximum Gasteiger partial charge on any atom is 0.223 e. The average Bonchev–Trinajstić information content (AvgIpc) is 2.45. The smallest absolute Gasteiger partial charge is 0.223 e. The summed E-state index contributed by atoms with van der Waals surface area (Å²) in [6.45, 7) is 3.14. The highest BCUT2D eigenvalue weighted by Gasteiger charge is 2.31. The van der Waals surface area contributed by atoms with Gasteiger partial charge in [-0.05, 0) is 19.4 Å². The first-order chi connectivity index (χ1) is 5.69. The van der Waals surface area contributed by atoms with Gasteiger partial charge >= 0.3 is 0 Å². The third-order valence-corrected chi connectivity index (χ3v) is 2.37. The van der Waals surface area contributed by atoms with Gasteiger partial charge in [0.1, 0.15) is 0 Å². The summed E-state index contributed by atoms with van der Waals surface area (Å²) in [7, 11) is 0. The van der Waals surface area contributed by atoms with Crippen LogP contribution in [0.3, 0.4) is 0 Å². The van der Waals surface area contributed by atoms with Crippen molar-refractivity contribution < 1.29 is 9.90 Å². The average molecular weight is 172 g/mol. The Morgan fingerprint density at radius 3 is 2.92 bits per heavy atom. The van der Waals surface area contributed by atoms with E-state index in [2.05, 4.69) is 0 Å². The van der Waals surface area contributed by atoms with E-state index >= 15 is 0 Å². The molecule has 0 aromatic heterocycles. The molecule has 1 heterocycles. The summed E-state index contributed by atoms with van der Waals surface area (Å²) in [5, 5.41) is 8.85. The van der Waals surface area contributed by atoms with Gasteiger partial charge in [-0.25, -0.2) is 0 Å². The lowest BCUT2D eigenvalue weighted by Crippen LogP contribution is -2.37. The number of likely N-dealkylation sites (tertiary alicyclic amines) is 1. The molecule has 4 heteroatoms. The number of hydrogen-bond donors (Lipinski definition) is 2. The van der Waals surface area contributed by atoms with E-state index in [0.29, 0.717) is 19.5 Å². The Hall–Kier alpha value is -0.610. The van der Waals surface area contributed by atoms with E-state index in [1.165, 1.54) is 0 Å². The first-order valence-corrected chi connectivity index (χ1v) is 4.29. The van der Waals surface area contributed by atoms with Crippen LogP contribution in [0.1, 0.15) is 13.3 Å². The van der Waals surface area contributed by atoms with E-state index in [1.54, 1.807) is 4.90 Å². The SMILES string of the molecule is CC(CO)N1CC(CN)CC1=O. The maximum atomic E-state index is 11.3. The van der Waals surface area contributed by atoms with Crippen molar-refractivity contribution in [2.45, 2.75) is 19.4 Å². The molecule has 0 bridgehead atoms. The number of aliphatic hydroxyl groups is 1. The fourth-order valence-electron chi connectivity index (χ4n) is 1.49. The van der Waals surface area contributed by atoms with Gasteiger partial charge in [0.25, 0.3) is 0 Å². The van der Waals surface area contributed by atoms with Crippen LogP contribution in [0.2, 0.25) is 0 Å². The summed E-state index contributed by atoms with van der Waals surface area (Å²) in [6.07, 6.45) is 0.542. The van der Waals surface area contributed by atoms with E-state index in [-0.39, 0.29) is 24.5 Å². The minimum absolute atomic E-state index is 0.0308. The zero-order valence-corrected chi connectivity index (χ0v) is 7.36. The summed E-state index contributed by atoms with van der Waals surface area (Å²) in [5.74, 6) is 0.401. The number of carbonyl (C=O) groups excluding carboxylic acids is 1. The van der Waals surface area contributed by atoms with Crippen LogP contribution in [0, 0.1) is 5.92 Å². The molecule has 2 atom stereocenters. The molecule has 0 aromatic carbocycles. The molecule has 0 saturated carbocycles. The molecule has 0 spiro atoms. The van der Waals surface area contributed by atoms with Crippen LogP contribution < -0.4 is 5.73 Å². The molecule has 0 aliphatic carbocycles. The quantitative estimate of drug-likeness (QED) is 0.584. The Balaban J connectivity index is 2.51. The highest BCUT2D eigenvalue weighted by atomic mass is 16.3. The second-order valence-electron chi connectivity index (χ2n) is 3.38. The summed E-state index contributed by atoms with van der Waals surface area (Å²) in [5.41, 5.74) is 5.46. The van der Waals surface area contributed by atoms with Gasteiger partial charge in [-0.3, -0.25) is 4.79 Å². The molecular weight excluding hydrogens is 156 g/mol. The van der Waals surface area contributed by atoms with Gasteiger partial charge in [0.2, 0.25) is 5.91 Å². The molecule has 4 nitrogen and oxygen atoms in total. The summed E-state index contributed by atoms with van der Waals surface area (Å²) < 4.78 is 0. The maximum absolute atomic E-state index is 11.3. The Bertz CT molecular complexity index is 172. The standard InChI is InChI=1S/C8H16N2O2/c1-6(5-11)10-4-7(3-9)2-8(10)12/h6-7,11H,2-5,9H2,1H3. The normalized spacial score (nSPS) is 26.4. The molecule has 1 saturated heterocycles. The van der Waals surface area contributed by atoms with Gasteiger partial charge in [-0.15, -0.1) is 0 Å². The van der Waals surface area contributed by atoms with Crippen molar-refractivity contribution in [3.05, 3.63) is 0 Å². The second-order valence-corrected chi connectivity index (χ2v) is 3.38. The fourth-order valence-corrected chi connectivity index (χ4v) is 1.49. The predicted octanol–water partition coefficient (Wildman–Crippen LogP) is -0.826. The van der Waals surface area contributed by atoms with E-state index in [1.807, 2.05) is 6.92 Å². The van der Waals surface area contributed by atoms with Crippen LogP contribution in [0.5, 0.6) is 0 Å². The first kappa shape index (κ1) is 9.48. The second kappa shape index (κ2) is 3.87. The van der Waals surface area contributed by atoms with Crippen molar-refractivity contribution in [1.82, 2.24) is 4.90 Å². The van der Waals surface area contributed by atoms with E-state index in [9.17, 15) is 4.79 Å². The lowest BCUT2D eigenvalue weighted by atomic mass is 10.1. The minimum Gasteiger partial charge on any atom is -0.394 e. The number of rotatable bonds is 3. The van der Waals surface area contributed by atoms with Crippen LogP contribution >= 0.6 is 0 Å². The van der Waals surface area contributed by atoms with Crippen molar-refractivity contribution in [1.29, 1.82) is 0 Å². The fraction of sp³-hybridized carbons (Fsp3) is 0.875. The van der Waals surface area contributed by atoms with E-state index in [0.717, 1.165) is 0 Å². The molecule has 2 unspecified atom stereocenters. The number of nitrogens with two attached hydrogens (primary N) is 1. The molecule has 1 aliphatic heterocycles. The first-order valence-electron chi connectivity index (χ1n) is 4.29. The third kappa shape index (κ3) is 1.76. The van der Waals surface area contributed by atoms with Crippen molar-refractivity contribution in [2.75, 3.05) is 19.7 Å². The van der Waals surface area contributed by atoms with E-state index in [4.69, 9.17) is 10.8 Å². The van der Waals surface area contributed by atoms with E-state index < -0.39 is 0 Å². The number of nitrogens with zero attached hydrogens (tertiary/aromatic N) is 1. The largest absolute Gasteiger partial charge is 0.394 e. The van der Waals surface area contributed by atoms with Crippen molar-refractivity contribution in [3.63, 3.8) is 0 Å². The molecule has 1 rings (SSSR count). The zero-order chi connectivity index (χ0) is 9.14. The highest BCUT2D eigenvalue weighted by Crippen LogP contribution is 2.18.